The number of carbonyl (C=O) groups excluding carboxylic acids is 2. The zero-order valence-electron chi connectivity index (χ0n) is 7.25. The second-order valence-electron chi connectivity index (χ2n) is 2.10. The highest BCUT2D eigenvalue weighted by molar-refractivity contribution is 5.80. The van der Waals surface area contributed by atoms with Gasteiger partial charge < -0.3 is 40.9 Å². The molecule has 0 aromatic rings. The smallest absolute Gasteiger partial charge is 0.124 e. The molecule has 6 N–H and O–H groups in total. The van der Waals surface area contributed by atoms with E-state index < -0.39 is 24.1 Å². The van der Waals surface area contributed by atoms with Crippen LogP contribution in [0.3, 0.4) is 0 Å². The molecule has 0 aromatic carbocycles. The summed E-state index contributed by atoms with van der Waals surface area (Å²) in [4.78, 5) is 19.3. The molecule has 0 fully saturated rings. The van der Waals surface area contributed by atoms with Crippen LogP contribution in [0.1, 0.15) is 0 Å². The number of aliphatic hydroxyl groups is 3. The number of rotatable bonds is 4. The Labute approximate surface area is 79.2 Å². The van der Waals surface area contributed by atoms with Gasteiger partial charge >= 0.3 is 0 Å². The molecule has 0 bridgehead atoms. The summed E-state index contributed by atoms with van der Waals surface area (Å²) in [6.07, 6.45) is -4.88. The molecule has 2 atom stereocenters. The lowest BCUT2D eigenvalue weighted by Crippen LogP contribution is -2.51. The molecule has 0 spiro atoms. The van der Waals surface area contributed by atoms with E-state index in [0.29, 0.717) is 6.54 Å². The Hall–Kier alpha value is -1.22. The van der Waals surface area contributed by atoms with Crippen molar-refractivity contribution in [1.82, 2.24) is 0 Å². The molecule has 0 amide bonds. The number of aliphatic carboxylic acids is 2. The van der Waals surface area contributed by atoms with Crippen molar-refractivity contribution in [3.8, 4) is 0 Å². The normalized spacial score (nSPS) is 13.4. The lowest BCUT2D eigenvalue weighted by molar-refractivity contribution is -0.372. The lowest BCUT2D eigenvalue weighted by Gasteiger charge is -2.18. The van der Waals surface area contributed by atoms with E-state index in [1.165, 1.54) is 0 Å². The van der Waals surface area contributed by atoms with Crippen LogP contribution in [0.2, 0.25) is 0 Å². The van der Waals surface area contributed by atoms with Crippen molar-refractivity contribution >= 4 is 11.9 Å². The number of carbonyl (C=O) groups is 2. The van der Waals surface area contributed by atoms with Crippen molar-refractivity contribution < 1.29 is 40.9 Å². The first-order chi connectivity index (χ1) is 6.38. The Morgan fingerprint density at radius 3 is 1.43 bits per heavy atom. The van der Waals surface area contributed by atoms with Gasteiger partial charge in [0.05, 0.1) is 25.1 Å². The van der Waals surface area contributed by atoms with Crippen LogP contribution in [0.5, 0.6) is 0 Å². The quantitative estimate of drug-likeness (QED) is 0.357. The predicted molar refractivity (Wildman–Crippen MR) is 36.9 cm³/mol. The first-order valence-corrected chi connectivity index (χ1v) is 3.56. The van der Waals surface area contributed by atoms with Gasteiger partial charge in [-0.3, -0.25) is 0 Å². The Morgan fingerprint density at radius 1 is 1.14 bits per heavy atom. The first-order valence-electron chi connectivity index (χ1n) is 3.56. The van der Waals surface area contributed by atoms with Gasteiger partial charge in [0.15, 0.2) is 0 Å². The molecule has 0 rings (SSSR count). The van der Waals surface area contributed by atoms with Crippen molar-refractivity contribution in [2.45, 2.75) is 12.2 Å². The summed E-state index contributed by atoms with van der Waals surface area (Å²) in [6.45, 7) is 0.833. The topological polar surface area (TPSA) is 169 Å². The second kappa shape index (κ2) is 8.38. The van der Waals surface area contributed by atoms with E-state index in [1.54, 1.807) is 0 Å². The fourth-order valence-electron chi connectivity index (χ4n) is 0.258. The van der Waals surface area contributed by atoms with Gasteiger partial charge in [-0.2, -0.15) is 0 Å². The van der Waals surface area contributed by atoms with Crippen molar-refractivity contribution in [3.63, 3.8) is 0 Å². The van der Waals surface area contributed by atoms with Gasteiger partial charge in [-0.1, -0.05) is 0 Å². The van der Waals surface area contributed by atoms with Gasteiger partial charge in [0.25, 0.3) is 0 Å². The minimum Gasteiger partial charge on any atom is -0.547 e. The number of carboxylic acid groups (broad SMARTS) is 2. The van der Waals surface area contributed by atoms with E-state index in [4.69, 9.17) is 15.3 Å². The maximum Gasteiger partial charge on any atom is 0.124 e. The molecule has 8 nitrogen and oxygen atoms in total. The number of hydrogen-bond acceptors (Lipinski definition) is 7. The zero-order valence-corrected chi connectivity index (χ0v) is 7.25. The molecule has 0 saturated heterocycles. The predicted octanol–water partition coefficient (Wildman–Crippen LogP) is -6.57. The molecule has 14 heavy (non-hydrogen) atoms. The Morgan fingerprint density at radius 2 is 1.36 bits per heavy atom. The Bertz CT molecular complexity index is 163. The van der Waals surface area contributed by atoms with E-state index in [-0.39, 0.29) is 6.61 Å². The number of carboxylic acids is 2. The van der Waals surface area contributed by atoms with E-state index in [9.17, 15) is 19.8 Å². The molecular weight excluding hydrogens is 198 g/mol. The third-order valence-corrected chi connectivity index (χ3v) is 0.940. The highest BCUT2D eigenvalue weighted by Crippen LogP contribution is 1.88. The summed E-state index contributed by atoms with van der Waals surface area (Å²) in [5, 5.41) is 43.5. The molecule has 2 unspecified atom stereocenters. The fourth-order valence-corrected chi connectivity index (χ4v) is 0.258. The summed E-state index contributed by atoms with van der Waals surface area (Å²) in [7, 11) is 0. The van der Waals surface area contributed by atoms with Gasteiger partial charge in [-0.25, -0.2) is 0 Å². The molecule has 0 aliphatic rings. The molecule has 0 aliphatic carbocycles. The third kappa shape index (κ3) is 7.43. The molecule has 8 heteroatoms. The van der Waals surface area contributed by atoms with Crippen LogP contribution >= 0.6 is 0 Å². The van der Waals surface area contributed by atoms with Crippen LogP contribution in [0.4, 0.5) is 0 Å². The average Bonchev–Trinajstić information content (AvgIpc) is 2.15. The van der Waals surface area contributed by atoms with Gasteiger partial charge in [-0.05, 0) is 0 Å². The summed E-state index contributed by atoms with van der Waals surface area (Å²) in [5.41, 5.74) is 3.35. The second-order valence-corrected chi connectivity index (χ2v) is 2.10. The molecule has 0 saturated carbocycles. The molecule has 0 heterocycles. The maximum atomic E-state index is 9.63. The monoisotopic (exact) mass is 210 g/mol. The molecule has 0 aromatic heterocycles. The highest BCUT2D eigenvalue weighted by Gasteiger charge is 2.17. The molecule has 84 valence electrons. The Balaban J connectivity index is 0. The summed E-state index contributed by atoms with van der Waals surface area (Å²) in [5.74, 6) is -4.12. The van der Waals surface area contributed by atoms with Crippen LogP contribution in [-0.2, 0) is 9.59 Å². The molecule has 0 aliphatic heterocycles. The SMILES string of the molecule is O=C([O-])C(O)C(O)C(=O)[O-].[NH3+]CCO. The number of hydrogen-bond donors (Lipinski definition) is 4. The van der Waals surface area contributed by atoms with Crippen molar-refractivity contribution in [2.24, 2.45) is 0 Å². The van der Waals surface area contributed by atoms with E-state index in [1.807, 2.05) is 0 Å². The van der Waals surface area contributed by atoms with Crippen molar-refractivity contribution in [2.75, 3.05) is 13.2 Å². The van der Waals surface area contributed by atoms with Crippen molar-refractivity contribution in [3.05, 3.63) is 0 Å². The molecular formula is C6H12NO7-. The number of aliphatic hydroxyl groups excluding tert-OH is 3. The van der Waals surface area contributed by atoms with E-state index in [2.05, 4.69) is 5.73 Å². The molecule has 0 radical (unpaired) electrons. The summed E-state index contributed by atoms with van der Waals surface area (Å²) in [6, 6.07) is 0. The Kier molecular flexibility index (Phi) is 9.14. The van der Waals surface area contributed by atoms with Gasteiger partial charge in [0, 0.05) is 0 Å². The fraction of sp³-hybridized carbons (Fsp3) is 0.667. The van der Waals surface area contributed by atoms with Crippen LogP contribution in [0.15, 0.2) is 0 Å². The summed E-state index contributed by atoms with van der Waals surface area (Å²) < 4.78 is 0. The lowest BCUT2D eigenvalue weighted by atomic mass is 10.2. The minimum atomic E-state index is -2.44. The van der Waals surface area contributed by atoms with E-state index in [0.717, 1.165) is 0 Å². The van der Waals surface area contributed by atoms with Crippen LogP contribution in [-0.4, -0.2) is 52.6 Å². The highest BCUT2D eigenvalue weighted by atomic mass is 16.4. The zero-order chi connectivity index (χ0) is 11.7. The third-order valence-electron chi connectivity index (χ3n) is 0.940. The minimum absolute atomic E-state index is 0.208. The van der Waals surface area contributed by atoms with Crippen molar-refractivity contribution in [1.29, 1.82) is 0 Å². The van der Waals surface area contributed by atoms with Gasteiger partial charge in [-0.15, -0.1) is 0 Å². The maximum absolute atomic E-state index is 9.63. The summed E-state index contributed by atoms with van der Waals surface area (Å²) >= 11 is 0. The van der Waals surface area contributed by atoms with Gasteiger partial charge in [0.2, 0.25) is 0 Å². The standard InChI is InChI=1S/C4H6O6.C2H7NO/c5-1(3(7)8)2(6)4(9)10;3-1-2-4/h1-2,5-6H,(H,7,8)(H,9,10);4H,1-3H2/p-1. The van der Waals surface area contributed by atoms with Crippen LogP contribution in [0, 0.1) is 0 Å². The average molecular weight is 210 g/mol. The van der Waals surface area contributed by atoms with E-state index >= 15 is 0 Å². The van der Waals surface area contributed by atoms with Crippen LogP contribution in [0.25, 0.3) is 0 Å². The first kappa shape index (κ1) is 15.3. The van der Waals surface area contributed by atoms with Crippen LogP contribution < -0.4 is 15.9 Å². The van der Waals surface area contributed by atoms with Gasteiger partial charge in [0.1, 0.15) is 12.2 Å². The number of quaternary nitrogens is 1. The largest absolute Gasteiger partial charge is 0.547 e.